The second-order valence-corrected chi connectivity index (χ2v) is 6.93. The van der Waals surface area contributed by atoms with Crippen molar-refractivity contribution in [2.75, 3.05) is 0 Å². The van der Waals surface area contributed by atoms with E-state index in [0.717, 1.165) is 16.7 Å². The molecule has 1 fully saturated rings. The van der Waals surface area contributed by atoms with Gasteiger partial charge in [0.15, 0.2) is 11.6 Å². The first-order valence-corrected chi connectivity index (χ1v) is 8.40. The number of carbonyl (C=O) groups is 2. The van der Waals surface area contributed by atoms with Gasteiger partial charge in [0, 0.05) is 11.8 Å². The minimum atomic E-state index is -0.927. The van der Waals surface area contributed by atoms with Gasteiger partial charge < -0.3 is 9.68 Å². The SMILES string of the molecule is CC1=C2[C@@H](c3ccccc3)OB(O)C[C@@H]2[C@@H]2C(=O)C=CC(=O)[C@@H]2C1. The molecule has 0 amide bonds. The summed E-state index contributed by atoms with van der Waals surface area (Å²) in [4.78, 5) is 24.8. The van der Waals surface area contributed by atoms with Crippen LogP contribution in [-0.2, 0) is 14.2 Å². The Morgan fingerprint density at radius 2 is 1.79 bits per heavy atom. The normalized spacial score (nSPS) is 32.7. The standard InChI is InChI=1S/C19H19BO4/c1-11-9-13-15(21)7-8-16(22)18(13)14-10-20(23)24-19(17(11)14)12-5-3-2-4-6-12/h2-8,13-14,18-19,23H,9-10H2,1H3/t13-,14-,18+,19+/m0/s1. The molecule has 0 unspecified atom stereocenters. The van der Waals surface area contributed by atoms with Gasteiger partial charge in [0.25, 0.3) is 0 Å². The van der Waals surface area contributed by atoms with Crippen molar-refractivity contribution >= 4 is 18.7 Å². The zero-order valence-corrected chi connectivity index (χ0v) is 13.5. The van der Waals surface area contributed by atoms with Crippen LogP contribution in [0.1, 0.15) is 25.0 Å². The minimum Gasteiger partial charge on any atom is -0.427 e. The molecule has 1 heterocycles. The van der Waals surface area contributed by atoms with Gasteiger partial charge in [-0.2, -0.15) is 0 Å². The molecule has 4 atom stereocenters. The Morgan fingerprint density at radius 1 is 1.08 bits per heavy atom. The van der Waals surface area contributed by atoms with E-state index in [1.165, 1.54) is 12.2 Å². The molecule has 4 nitrogen and oxygen atoms in total. The molecule has 3 aliphatic rings. The summed E-state index contributed by atoms with van der Waals surface area (Å²) >= 11 is 0. The first-order valence-electron chi connectivity index (χ1n) is 8.40. The lowest BCUT2D eigenvalue weighted by Gasteiger charge is -2.45. The maximum atomic E-state index is 12.5. The van der Waals surface area contributed by atoms with E-state index < -0.39 is 7.12 Å². The highest BCUT2D eigenvalue weighted by molar-refractivity contribution is 6.43. The van der Waals surface area contributed by atoms with Crippen LogP contribution in [-0.4, -0.2) is 23.7 Å². The topological polar surface area (TPSA) is 63.6 Å². The number of rotatable bonds is 1. The van der Waals surface area contributed by atoms with E-state index in [4.69, 9.17) is 4.65 Å². The summed E-state index contributed by atoms with van der Waals surface area (Å²) in [5.74, 6) is -0.784. The van der Waals surface area contributed by atoms with E-state index in [2.05, 4.69) is 0 Å². The number of allylic oxidation sites excluding steroid dienone is 3. The lowest BCUT2D eigenvalue weighted by Crippen LogP contribution is -2.47. The van der Waals surface area contributed by atoms with Crippen molar-refractivity contribution in [2.24, 2.45) is 17.8 Å². The summed E-state index contributed by atoms with van der Waals surface area (Å²) in [6.07, 6.45) is 3.42. The molecule has 0 bridgehead atoms. The first-order chi connectivity index (χ1) is 11.6. The molecule has 1 aromatic rings. The molecule has 122 valence electrons. The van der Waals surface area contributed by atoms with E-state index in [0.29, 0.717) is 12.7 Å². The van der Waals surface area contributed by atoms with E-state index in [9.17, 15) is 14.6 Å². The van der Waals surface area contributed by atoms with E-state index in [1.807, 2.05) is 37.3 Å². The van der Waals surface area contributed by atoms with Crippen LogP contribution in [0.3, 0.4) is 0 Å². The van der Waals surface area contributed by atoms with Crippen molar-refractivity contribution in [3.63, 3.8) is 0 Å². The lowest BCUT2D eigenvalue weighted by molar-refractivity contribution is -0.131. The van der Waals surface area contributed by atoms with Gasteiger partial charge in [-0.1, -0.05) is 35.9 Å². The molecule has 0 aromatic heterocycles. The largest absolute Gasteiger partial charge is 0.455 e. The molecule has 2 aliphatic carbocycles. The number of hydrogen-bond donors (Lipinski definition) is 1. The molecule has 1 aromatic carbocycles. The maximum Gasteiger partial charge on any atom is 0.455 e. The van der Waals surface area contributed by atoms with Crippen LogP contribution in [0.2, 0.25) is 6.32 Å². The zero-order valence-electron chi connectivity index (χ0n) is 13.5. The number of ketones is 2. The minimum absolute atomic E-state index is 0.00416. The average molecular weight is 322 g/mol. The van der Waals surface area contributed by atoms with E-state index in [1.54, 1.807) is 0 Å². The Bertz CT molecular complexity index is 752. The van der Waals surface area contributed by atoms with Crippen LogP contribution in [0.25, 0.3) is 0 Å². The highest BCUT2D eigenvalue weighted by atomic mass is 16.5. The smallest absolute Gasteiger partial charge is 0.427 e. The summed E-state index contributed by atoms with van der Waals surface area (Å²) in [7, 11) is -0.927. The van der Waals surface area contributed by atoms with Crippen LogP contribution < -0.4 is 0 Å². The van der Waals surface area contributed by atoms with Crippen LogP contribution in [0.15, 0.2) is 53.6 Å². The van der Waals surface area contributed by atoms with Gasteiger partial charge in [0.1, 0.15) is 0 Å². The number of fused-ring (bicyclic) bond motifs is 3. The van der Waals surface area contributed by atoms with Gasteiger partial charge in [-0.25, -0.2) is 0 Å². The summed E-state index contributed by atoms with van der Waals surface area (Å²) in [5, 5.41) is 10.2. The third-order valence-corrected chi connectivity index (χ3v) is 5.52. The molecule has 1 saturated heterocycles. The second-order valence-electron chi connectivity index (χ2n) is 6.93. The molecule has 0 spiro atoms. The fourth-order valence-corrected chi connectivity index (χ4v) is 4.52. The van der Waals surface area contributed by atoms with Crippen molar-refractivity contribution < 1.29 is 19.3 Å². The van der Waals surface area contributed by atoms with Crippen molar-refractivity contribution in [3.8, 4) is 0 Å². The molecule has 4 rings (SSSR count). The Morgan fingerprint density at radius 3 is 2.54 bits per heavy atom. The quantitative estimate of drug-likeness (QED) is 0.637. The summed E-state index contributed by atoms with van der Waals surface area (Å²) in [6, 6.07) is 9.76. The van der Waals surface area contributed by atoms with Gasteiger partial charge in [-0.3, -0.25) is 9.59 Å². The molecular formula is C19H19BO4. The molecule has 1 aliphatic heterocycles. The average Bonchev–Trinajstić information content (AvgIpc) is 2.58. The summed E-state index contributed by atoms with van der Waals surface area (Å²) in [5.41, 5.74) is 3.15. The van der Waals surface area contributed by atoms with Crippen molar-refractivity contribution in [1.29, 1.82) is 0 Å². The Kier molecular flexibility index (Phi) is 3.78. The predicted molar refractivity (Wildman–Crippen MR) is 90.0 cm³/mol. The predicted octanol–water partition coefficient (Wildman–Crippen LogP) is 2.52. The lowest BCUT2D eigenvalue weighted by atomic mass is 9.55. The highest BCUT2D eigenvalue weighted by Crippen LogP contribution is 2.51. The monoisotopic (exact) mass is 322 g/mol. The molecule has 1 N–H and O–H groups in total. The number of carbonyl (C=O) groups excluding carboxylic acids is 2. The molecule has 0 saturated carbocycles. The van der Waals surface area contributed by atoms with Crippen LogP contribution >= 0.6 is 0 Å². The Hall–Kier alpha value is -1.98. The summed E-state index contributed by atoms with van der Waals surface area (Å²) in [6.45, 7) is 2.02. The Labute approximate surface area is 141 Å². The fourth-order valence-electron chi connectivity index (χ4n) is 4.52. The molecule has 0 radical (unpaired) electrons. The third-order valence-electron chi connectivity index (χ3n) is 5.52. The van der Waals surface area contributed by atoms with E-state index >= 15 is 0 Å². The van der Waals surface area contributed by atoms with Crippen LogP contribution in [0.4, 0.5) is 0 Å². The van der Waals surface area contributed by atoms with Crippen LogP contribution in [0, 0.1) is 17.8 Å². The molecular weight excluding hydrogens is 303 g/mol. The van der Waals surface area contributed by atoms with Crippen molar-refractivity contribution in [3.05, 3.63) is 59.2 Å². The third kappa shape index (κ3) is 2.39. The summed E-state index contributed by atoms with van der Waals surface area (Å²) < 4.78 is 5.84. The highest BCUT2D eigenvalue weighted by Gasteiger charge is 2.50. The number of benzene rings is 1. The Balaban J connectivity index is 1.81. The van der Waals surface area contributed by atoms with Crippen molar-refractivity contribution in [2.45, 2.75) is 25.8 Å². The van der Waals surface area contributed by atoms with Gasteiger partial charge >= 0.3 is 7.12 Å². The van der Waals surface area contributed by atoms with E-state index in [-0.39, 0.29) is 35.4 Å². The van der Waals surface area contributed by atoms with Crippen LogP contribution in [0.5, 0.6) is 0 Å². The fraction of sp³-hybridized carbons (Fsp3) is 0.368. The van der Waals surface area contributed by atoms with Gasteiger partial charge in [-0.15, -0.1) is 0 Å². The second kappa shape index (κ2) is 5.83. The maximum absolute atomic E-state index is 12.5. The van der Waals surface area contributed by atoms with Gasteiger partial charge in [-0.05, 0) is 48.9 Å². The van der Waals surface area contributed by atoms with Crippen molar-refractivity contribution in [1.82, 2.24) is 0 Å². The first kappa shape index (κ1) is 15.5. The van der Waals surface area contributed by atoms with Gasteiger partial charge in [0.05, 0.1) is 6.10 Å². The molecule has 24 heavy (non-hydrogen) atoms. The van der Waals surface area contributed by atoms with Gasteiger partial charge in [0.2, 0.25) is 0 Å². The molecule has 5 heteroatoms. The zero-order chi connectivity index (χ0) is 16.8. The number of hydrogen-bond acceptors (Lipinski definition) is 4.